The Bertz CT molecular complexity index is 1050. The number of nitrogens with zero attached hydrogens (tertiary/aromatic N) is 1. The van der Waals surface area contributed by atoms with Crippen molar-refractivity contribution in [3.8, 4) is 17.2 Å². The molecular weight excluding hydrogens is 338 g/mol. The van der Waals surface area contributed by atoms with Crippen LogP contribution in [0.15, 0.2) is 35.1 Å². The van der Waals surface area contributed by atoms with Crippen molar-refractivity contribution in [2.75, 3.05) is 21.3 Å². The number of hydrogen-bond donors (Lipinski definition) is 0. The zero-order valence-electron chi connectivity index (χ0n) is 15.0. The molecule has 0 aliphatic carbocycles. The summed E-state index contributed by atoms with van der Waals surface area (Å²) in [7, 11) is 4.44. The van der Waals surface area contributed by atoms with E-state index in [-0.39, 0.29) is 17.9 Å². The SMILES string of the molecule is COc1cc2c(c(OC)c1OC)c(=O)c1ccccc1n2COC(C)=O. The normalized spacial score (nSPS) is 10.8. The quantitative estimate of drug-likeness (QED) is 0.516. The first kappa shape index (κ1) is 17.6. The minimum atomic E-state index is -0.423. The second kappa shape index (κ2) is 6.95. The van der Waals surface area contributed by atoms with E-state index in [1.807, 2.05) is 6.07 Å². The summed E-state index contributed by atoms with van der Waals surface area (Å²) in [4.78, 5) is 24.5. The van der Waals surface area contributed by atoms with Crippen molar-refractivity contribution < 1.29 is 23.7 Å². The van der Waals surface area contributed by atoms with Gasteiger partial charge in [0.1, 0.15) is 0 Å². The van der Waals surface area contributed by atoms with E-state index in [2.05, 4.69) is 0 Å². The summed E-state index contributed by atoms with van der Waals surface area (Å²) >= 11 is 0. The van der Waals surface area contributed by atoms with Crippen LogP contribution < -0.4 is 19.6 Å². The van der Waals surface area contributed by atoms with E-state index in [9.17, 15) is 9.59 Å². The lowest BCUT2D eigenvalue weighted by molar-refractivity contribution is -0.144. The molecule has 0 amide bonds. The number of pyridine rings is 1. The first-order valence-electron chi connectivity index (χ1n) is 7.91. The topological polar surface area (TPSA) is 76.0 Å². The van der Waals surface area contributed by atoms with Crippen LogP contribution in [-0.4, -0.2) is 31.9 Å². The van der Waals surface area contributed by atoms with Crippen LogP contribution in [0, 0.1) is 0 Å². The molecule has 3 rings (SSSR count). The lowest BCUT2D eigenvalue weighted by Gasteiger charge is -2.19. The van der Waals surface area contributed by atoms with Crippen molar-refractivity contribution >= 4 is 27.8 Å². The minimum Gasteiger partial charge on any atom is -0.493 e. The highest BCUT2D eigenvalue weighted by Crippen LogP contribution is 2.42. The fraction of sp³-hybridized carbons (Fsp3) is 0.263. The monoisotopic (exact) mass is 357 g/mol. The second-order valence-corrected chi connectivity index (χ2v) is 5.58. The molecule has 0 saturated carbocycles. The van der Waals surface area contributed by atoms with Crippen LogP contribution in [0.1, 0.15) is 6.92 Å². The first-order valence-corrected chi connectivity index (χ1v) is 7.91. The molecule has 7 nitrogen and oxygen atoms in total. The Morgan fingerprint density at radius 2 is 1.69 bits per heavy atom. The van der Waals surface area contributed by atoms with Gasteiger partial charge >= 0.3 is 5.97 Å². The molecule has 1 heterocycles. The standard InChI is InChI=1S/C19H19NO6/c1-11(21)26-10-20-13-8-6-5-7-12(13)17(22)16-14(20)9-15(23-2)18(24-3)19(16)25-4/h5-9H,10H2,1-4H3. The highest BCUT2D eigenvalue weighted by atomic mass is 16.5. The molecule has 26 heavy (non-hydrogen) atoms. The molecule has 0 saturated heterocycles. The van der Waals surface area contributed by atoms with E-state index in [4.69, 9.17) is 18.9 Å². The van der Waals surface area contributed by atoms with Gasteiger partial charge in [-0.15, -0.1) is 0 Å². The Morgan fingerprint density at radius 3 is 2.31 bits per heavy atom. The third kappa shape index (κ3) is 2.71. The summed E-state index contributed by atoms with van der Waals surface area (Å²) < 4.78 is 23.2. The van der Waals surface area contributed by atoms with E-state index in [0.29, 0.717) is 33.3 Å². The van der Waals surface area contributed by atoms with Crippen molar-refractivity contribution in [3.63, 3.8) is 0 Å². The summed E-state index contributed by atoms with van der Waals surface area (Å²) in [6.45, 7) is 1.28. The summed E-state index contributed by atoms with van der Waals surface area (Å²) in [6.07, 6.45) is 0. The lowest BCUT2D eigenvalue weighted by atomic mass is 10.1. The fourth-order valence-electron chi connectivity index (χ4n) is 3.04. The maximum atomic E-state index is 13.1. The molecule has 0 fully saturated rings. The Hall–Kier alpha value is -3.22. The number of ether oxygens (including phenoxy) is 4. The van der Waals surface area contributed by atoms with E-state index in [1.165, 1.54) is 28.3 Å². The maximum Gasteiger partial charge on any atom is 0.304 e. The zero-order chi connectivity index (χ0) is 18.8. The molecule has 1 aromatic heterocycles. The highest BCUT2D eigenvalue weighted by molar-refractivity contribution is 5.99. The highest BCUT2D eigenvalue weighted by Gasteiger charge is 2.22. The molecule has 7 heteroatoms. The average molecular weight is 357 g/mol. The predicted octanol–water partition coefficient (Wildman–Crippen LogP) is 2.70. The Kier molecular flexibility index (Phi) is 4.71. The summed E-state index contributed by atoms with van der Waals surface area (Å²) in [5, 5.41) is 0.814. The number of methoxy groups -OCH3 is 3. The van der Waals surface area contributed by atoms with Crippen molar-refractivity contribution in [2.24, 2.45) is 0 Å². The molecule has 3 aromatic rings. The van der Waals surface area contributed by atoms with Gasteiger partial charge in [0.25, 0.3) is 0 Å². The molecule has 0 unspecified atom stereocenters. The van der Waals surface area contributed by atoms with Crippen molar-refractivity contribution in [3.05, 3.63) is 40.6 Å². The molecule has 0 bridgehead atoms. The van der Waals surface area contributed by atoms with E-state index < -0.39 is 5.97 Å². The number of carbonyl (C=O) groups excluding carboxylic acids is 1. The van der Waals surface area contributed by atoms with Crippen LogP contribution in [0.5, 0.6) is 17.2 Å². The first-order chi connectivity index (χ1) is 12.5. The van der Waals surface area contributed by atoms with Crippen molar-refractivity contribution in [1.82, 2.24) is 4.57 Å². The van der Waals surface area contributed by atoms with Crippen LogP contribution in [0.4, 0.5) is 0 Å². The number of hydrogen-bond acceptors (Lipinski definition) is 6. The van der Waals surface area contributed by atoms with Crippen LogP contribution in [0.2, 0.25) is 0 Å². The molecule has 2 aromatic carbocycles. The van der Waals surface area contributed by atoms with Gasteiger partial charge in [-0.25, -0.2) is 0 Å². The molecule has 0 atom stereocenters. The molecule has 136 valence electrons. The van der Waals surface area contributed by atoms with E-state index in [1.54, 1.807) is 28.8 Å². The average Bonchev–Trinajstić information content (AvgIpc) is 2.65. The molecule has 0 spiro atoms. The number of benzene rings is 2. The van der Waals surface area contributed by atoms with Gasteiger partial charge in [0.2, 0.25) is 11.2 Å². The maximum absolute atomic E-state index is 13.1. The van der Waals surface area contributed by atoms with E-state index >= 15 is 0 Å². The van der Waals surface area contributed by atoms with Crippen molar-refractivity contribution in [1.29, 1.82) is 0 Å². The number of para-hydroxylation sites is 1. The Morgan fingerprint density at radius 1 is 1.00 bits per heavy atom. The molecule has 0 aliphatic rings. The van der Waals surface area contributed by atoms with Crippen LogP contribution in [0.25, 0.3) is 21.8 Å². The van der Waals surface area contributed by atoms with Gasteiger partial charge in [-0.05, 0) is 12.1 Å². The van der Waals surface area contributed by atoms with E-state index in [0.717, 1.165) is 0 Å². The Labute approximate surface area is 149 Å². The van der Waals surface area contributed by atoms with Crippen LogP contribution in [0.3, 0.4) is 0 Å². The summed E-state index contributed by atoms with van der Waals surface area (Å²) in [6, 6.07) is 8.78. The van der Waals surface area contributed by atoms with Crippen LogP contribution in [-0.2, 0) is 16.3 Å². The van der Waals surface area contributed by atoms with Gasteiger partial charge in [0.15, 0.2) is 18.2 Å². The Balaban J connectivity index is 2.53. The minimum absolute atomic E-state index is 0.0503. The number of fused-ring (bicyclic) bond motifs is 2. The third-order valence-electron chi connectivity index (χ3n) is 4.16. The number of rotatable bonds is 5. The number of esters is 1. The summed E-state index contributed by atoms with van der Waals surface area (Å²) in [5.41, 5.74) is 0.956. The smallest absolute Gasteiger partial charge is 0.304 e. The molecule has 0 radical (unpaired) electrons. The second-order valence-electron chi connectivity index (χ2n) is 5.58. The molecule has 0 N–H and O–H groups in total. The van der Waals surface area contributed by atoms with Gasteiger partial charge in [-0.1, -0.05) is 12.1 Å². The third-order valence-corrected chi connectivity index (χ3v) is 4.16. The fourth-order valence-corrected chi connectivity index (χ4v) is 3.04. The number of aromatic nitrogens is 1. The van der Waals surface area contributed by atoms with Gasteiger partial charge < -0.3 is 23.5 Å². The molecule has 0 aliphatic heterocycles. The zero-order valence-corrected chi connectivity index (χ0v) is 15.0. The van der Waals surface area contributed by atoms with Gasteiger partial charge in [0, 0.05) is 18.4 Å². The lowest BCUT2D eigenvalue weighted by Crippen LogP contribution is -2.15. The van der Waals surface area contributed by atoms with Gasteiger partial charge in [-0.2, -0.15) is 0 Å². The van der Waals surface area contributed by atoms with Crippen LogP contribution >= 0.6 is 0 Å². The predicted molar refractivity (Wildman–Crippen MR) is 97.1 cm³/mol. The largest absolute Gasteiger partial charge is 0.493 e. The van der Waals surface area contributed by atoms with Gasteiger partial charge in [-0.3, -0.25) is 9.59 Å². The number of carbonyl (C=O) groups is 1. The van der Waals surface area contributed by atoms with Crippen molar-refractivity contribution in [2.45, 2.75) is 13.7 Å². The summed E-state index contributed by atoms with van der Waals surface area (Å²) in [5.74, 6) is 0.583. The molecular formula is C19H19NO6. The van der Waals surface area contributed by atoms with Gasteiger partial charge in [0.05, 0.1) is 37.7 Å².